The Morgan fingerprint density at radius 2 is 1.81 bits per heavy atom. The molecule has 2 aromatic rings. The van der Waals surface area contributed by atoms with Crippen LogP contribution in [0, 0.1) is 0 Å². The summed E-state index contributed by atoms with van der Waals surface area (Å²) < 4.78 is 6.04. The van der Waals surface area contributed by atoms with Crippen LogP contribution in [0.15, 0.2) is 54.6 Å². The van der Waals surface area contributed by atoms with E-state index in [-0.39, 0.29) is 11.6 Å². The average Bonchev–Trinajstić information content (AvgIpc) is 2.56. The maximum Gasteiger partial charge on any atom is 0.0848 e. The molecular weight excluding hydrogens is 258 g/mol. The molecule has 0 radical (unpaired) electrons. The zero-order valence-electron chi connectivity index (χ0n) is 12.6. The fourth-order valence-electron chi connectivity index (χ4n) is 3.21. The van der Waals surface area contributed by atoms with Gasteiger partial charge in [0.2, 0.25) is 0 Å². The number of ether oxygens (including phenoxy) is 1. The largest absolute Gasteiger partial charge is 0.373 e. The van der Waals surface area contributed by atoms with E-state index < -0.39 is 0 Å². The van der Waals surface area contributed by atoms with Crippen LogP contribution in [0.5, 0.6) is 0 Å². The molecular formula is C19H23NO. The van der Waals surface area contributed by atoms with Crippen LogP contribution in [0.2, 0.25) is 0 Å². The summed E-state index contributed by atoms with van der Waals surface area (Å²) in [4.78, 5) is 0. The molecule has 0 bridgehead atoms. The molecule has 0 saturated heterocycles. The molecule has 3 rings (SSSR count). The van der Waals surface area contributed by atoms with E-state index >= 15 is 0 Å². The van der Waals surface area contributed by atoms with E-state index in [1.165, 1.54) is 16.7 Å². The maximum atomic E-state index is 6.73. The van der Waals surface area contributed by atoms with Crippen molar-refractivity contribution in [3.63, 3.8) is 0 Å². The fraction of sp³-hybridized carbons (Fsp3) is 0.368. The molecule has 2 N–H and O–H groups in total. The lowest BCUT2D eigenvalue weighted by molar-refractivity contribution is 0.0195. The first-order valence-electron chi connectivity index (χ1n) is 7.77. The summed E-state index contributed by atoms with van der Waals surface area (Å²) in [6.07, 6.45) is 2.82. The Balaban J connectivity index is 1.89. The standard InChI is InChI=1S/C19H23NO/c1-2-19(20,16-9-4-3-5-10-16)14-18-17-11-7-6-8-15(17)12-13-21-18/h3-11,18H,2,12-14,20H2,1H3. The van der Waals surface area contributed by atoms with Gasteiger partial charge in [-0.2, -0.15) is 0 Å². The van der Waals surface area contributed by atoms with Crippen molar-refractivity contribution in [3.8, 4) is 0 Å². The van der Waals surface area contributed by atoms with E-state index in [1.807, 2.05) is 6.07 Å². The van der Waals surface area contributed by atoms with E-state index in [0.717, 1.165) is 25.9 Å². The molecule has 1 aliphatic rings. The van der Waals surface area contributed by atoms with Crippen molar-refractivity contribution in [2.75, 3.05) is 6.61 Å². The highest BCUT2D eigenvalue weighted by molar-refractivity contribution is 5.32. The number of hydrogen-bond acceptors (Lipinski definition) is 2. The Morgan fingerprint density at radius 3 is 2.57 bits per heavy atom. The van der Waals surface area contributed by atoms with Gasteiger partial charge in [0.1, 0.15) is 0 Å². The summed E-state index contributed by atoms with van der Waals surface area (Å²) in [6, 6.07) is 19.0. The number of benzene rings is 2. The van der Waals surface area contributed by atoms with Crippen molar-refractivity contribution >= 4 is 0 Å². The van der Waals surface area contributed by atoms with Crippen molar-refractivity contribution in [2.45, 2.75) is 37.8 Å². The molecule has 110 valence electrons. The van der Waals surface area contributed by atoms with Gasteiger partial charge in [0, 0.05) is 5.54 Å². The lowest BCUT2D eigenvalue weighted by Gasteiger charge is -2.35. The summed E-state index contributed by atoms with van der Waals surface area (Å²) in [5.41, 5.74) is 10.3. The second-order valence-electron chi connectivity index (χ2n) is 5.89. The summed E-state index contributed by atoms with van der Waals surface area (Å²) in [7, 11) is 0. The Labute approximate surface area is 126 Å². The molecule has 0 saturated carbocycles. The van der Waals surface area contributed by atoms with Crippen molar-refractivity contribution in [1.82, 2.24) is 0 Å². The highest BCUT2D eigenvalue weighted by Crippen LogP contribution is 2.37. The monoisotopic (exact) mass is 281 g/mol. The number of hydrogen-bond donors (Lipinski definition) is 1. The van der Waals surface area contributed by atoms with Gasteiger partial charge in [-0.1, -0.05) is 61.5 Å². The third kappa shape index (κ3) is 2.87. The lowest BCUT2D eigenvalue weighted by Crippen LogP contribution is -2.39. The molecule has 2 atom stereocenters. The van der Waals surface area contributed by atoms with Crippen molar-refractivity contribution < 1.29 is 4.74 Å². The average molecular weight is 281 g/mol. The van der Waals surface area contributed by atoms with Gasteiger partial charge in [-0.25, -0.2) is 0 Å². The molecule has 2 heteroatoms. The van der Waals surface area contributed by atoms with Gasteiger partial charge in [0.15, 0.2) is 0 Å². The van der Waals surface area contributed by atoms with E-state index in [9.17, 15) is 0 Å². The second-order valence-corrected chi connectivity index (χ2v) is 5.89. The SMILES string of the molecule is CCC(N)(CC1OCCc2ccccc21)c1ccccc1. The zero-order chi connectivity index (χ0) is 14.7. The Bertz CT molecular complexity index is 596. The minimum atomic E-state index is -0.337. The van der Waals surface area contributed by atoms with Gasteiger partial charge < -0.3 is 10.5 Å². The predicted molar refractivity (Wildman–Crippen MR) is 86.1 cm³/mol. The minimum absolute atomic E-state index is 0.0973. The smallest absolute Gasteiger partial charge is 0.0848 e. The highest BCUT2D eigenvalue weighted by Gasteiger charge is 2.32. The van der Waals surface area contributed by atoms with E-state index in [0.29, 0.717) is 0 Å². The van der Waals surface area contributed by atoms with Gasteiger partial charge in [0.25, 0.3) is 0 Å². The third-order valence-electron chi connectivity index (χ3n) is 4.62. The van der Waals surface area contributed by atoms with Crippen LogP contribution < -0.4 is 5.73 Å². The minimum Gasteiger partial charge on any atom is -0.373 e. The maximum absolute atomic E-state index is 6.73. The molecule has 0 amide bonds. The number of rotatable bonds is 4. The third-order valence-corrected chi connectivity index (χ3v) is 4.62. The molecule has 2 aromatic carbocycles. The molecule has 1 heterocycles. The highest BCUT2D eigenvalue weighted by atomic mass is 16.5. The summed E-state index contributed by atoms with van der Waals surface area (Å²) in [5, 5.41) is 0. The van der Waals surface area contributed by atoms with Crippen LogP contribution in [0.1, 0.15) is 42.6 Å². The molecule has 21 heavy (non-hydrogen) atoms. The quantitative estimate of drug-likeness (QED) is 0.920. The molecule has 2 nitrogen and oxygen atoms in total. The summed E-state index contributed by atoms with van der Waals surface area (Å²) in [6.45, 7) is 2.94. The van der Waals surface area contributed by atoms with Crippen LogP contribution >= 0.6 is 0 Å². The fourth-order valence-corrected chi connectivity index (χ4v) is 3.21. The number of nitrogens with two attached hydrogens (primary N) is 1. The van der Waals surface area contributed by atoms with E-state index in [1.54, 1.807) is 0 Å². The molecule has 2 unspecified atom stereocenters. The zero-order valence-corrected chi connectivity index (χ0v) is 12.6. The van der Waals surface area contributed by atoms with Crippen molar-refractivity contribution in [1.29, 1.82) is 0 Å². The van der Waals surface area contributed by atoms with E-state index in [4.69, 9.17) is 10.5 Å². The van der Waals surface area contributed by atoms with E-state index in [2.05, 4.69) is 55.5 Å². The summed E-state index contributed by atoms with van der Waals surface area (Å²) in [5.74, 6) is 0. The van der Waals surface area contributed by atoms with Crippen LogP contribution in [0.4, 0.5) is 0 Å². The van der Waals surface area contributed by atoms with Crippen molar-refractivity contribution in [2.24, 2.45) is 5.73 Å². The van der Waals surface area contributed by atoms with Gasteiger partial charge in [-0.05, 0) is 36.0 Å². The van der Waals surface area contributed by atoms with Gasteiger partial charge >= 0.3 is 0 Å². The number of fused-ring (bicyclic) bond motifs is 1. The predicted octanol–water partition coefficient (Wildman–Crippen LogP) is 3.95. The lowest BCUT2D eigenvalue weighted by atomic mass is 9.80. The first-order valence-corrected chi connectivity index (χ1v) is 7.77. The van der Waals surface area contributed by atoms with Crippen LogP contribution in [0.3, 0.4) is 0 Å². The first-order chi connectivity index (χ1) is 10.2. The van der Waals surface area contributed by atoms with Gasteiger partial charge in [-0.15, -0.1) is 0 Å². The van der Waals surface area contributed by atoms with Gasteiger partial charge in [0.05, 0.1) is 12.7 Å². The van der Waals surface area contributed by atoms with Crippen LogP contribution in [0.25, 0.3) is 0 Å². The Hall–Kier alpha value is -1.64. The first kappa shape index (κ1) is 14.3. The van der Waals surface area contributed by atoms with Crippen LogP contribution in [-0.2, 0) is 16.7 Å². The summed E-state index contributed by atoms with van der Waals surface area (Å²) >= 11 is 0. The second kappa shape index (κ2) is 6.00. The topological polar surface area (TPSA) is 35.2 Å². The van der Waals surface area contributed by atoms with Gasteiger partial charge in [-0.3, -0.25) is 0 Å². The molecule has 0 aromatic heterocycles. The molecule has 0 aliphatic carbocycles. The molecule has 0 spiro atoms. The Kier molecular flexibility index (Phi) is 4.09. The molecule has 1 aliphatic heterocycles. The normalized spacial score (nSPS) is 20.6. The Morgan fingerprint density at radius 1 is 1.10 bits per heavy atom. The van der Waals surface area contributed by atoms with Crippen LogP contribution in [-0.4, -0.2) is 6.61 Å². The van der Waals surface area contributed by atoms with Crippen molar-refractivity contribution in [3.05, 3.63) is 71.3 Å². The molecule has 0 fully saturated rings.